The number of phenols is 1. The molecule has 0 amide bonds. The predicted molar refractivity (Wildman–Crippen MR) is 63.9 cm³/mol. The summed E-state index contributed by atoms with van der Waals surface area (Å²) in [7, 11) is 2.36. The number of nitrogens with zero attached hydrogens (tertiary/aromatic N) is 2. The van der Waals surface area contributed by atoms with E-state index in [1.807, 2.05) is 0 Å². The quantitative estimate of drug-likeness (QED) is 0.635. The van der Waals surface area contributed by atoms with E-state index in [1.54, 1.807) is 0 Å². The Morgan fingerprint density at radius 2 is 1.89 bits per heavy atom. The zero-order valence-electron chi connectivity index (χ0n) is 10.0. The van der Waals surface area contributed by atoms with Gasteiger partial charge in [0, 0.05) is 6.08 Å². The monoisotopic (exact) mass is 270 g/mol. The standard InChI is InChI=1S/C10H10N2O7/c1-18-7-5-6(3-4-11(14)15)8(12(16)17)10(19-2)9(7)13/h3-5,13H,1-2H3. The van der Waals surface area contributed by atoms with Crippen LogP contribution in [-0.4, -0.2) is 29.2 Å². The summed E-state index contributed by atoms with van der Waals surface area (Å²) in [6, 6.07) is 1.11. The molecule has 0 aliphatic heterocycles. The van der Waals surface area contributed by atoms with Crippen molar-refractivity contribution in [3.8, 4) is 17.2 Å². The normalized spacial score (nSPS) is 10.4. The molecular formula is C10H10N2O7. The summed E-state index contributed by atoms with van der Waals surface area (Å²) in [5.74, 6) is -1.06. The molecule has 9 nitrogen and oxygen atoms in total. The van der Waals surface area contributed by atoms with Crippen LogP contribution in [0.25, 0.3) is 6.08 Å². The minimum absolute atomic E-state index is 0.0922. The van der Waals surface area contributed by atoms with Gasteiger partial charge in [0.2, 0.25) is 17.7 Å². The Labute approximate surface area is 107 Å². The summed E-state index contributed by atoms with van der Waals surface area (Å²) >= 11 is 0. The highest BCUT2D eigenvalue weighted by Gasteiger charge is 2.27. The van der Waals surface area contributed by atoms with Crippen LogP contribution >= 0.6 is 0 Å². The Hall–Kier alpha value is -2.84. The second-order valence-electron chi connectivity index (χ2n) is 3.26. The zero-order valence-corrected chi connectivity index (χ0v) is 10.0. The molecule has 0 bridgehead atoms. The van der Waals surface area contributed by atoms with Crippen LogP contribution in [0.1, 0.15) is 5.56 Å². The van der Waals surface area contributed by atoms with Crippen molar-refractivity contribution >= 4 is 11.8 Å². The molecule has 1 aromatic rings. The van der Waals surface area contributed by atoms with E-state index in [0.29, 0.717) is 6.20 Å². The number of rotatable bonds is 5. The van der Waals surface area contributed by atoms with Crippen LogP contribution in [-0.2, 0) is 0 Å². The van der Waals surface area contributed by atoms with Crippen molar-refractivity contribution in [3.05, 3.63) is 38.1 Å². The molecule has 0 aromatic heterocycles. The molecule has 0 spiro atoms. The van der Waals surface area contributed by atoms with Crippen molar-refractivity contribution < 1.29 is 24.4 Å². The van der Waals surface area contributed by atoms with E-state index in [0.717, 1.165) is 19.3 Å². The number of phenolic OH excluding ortho intramolecular Hbond substituents is 1. The number of methoxy groups -OCH3 is 2. The number of aromatic hydroxyl groups is 1. The molecule has 9 heteroatoms. The molecule has 102 valence electrons. The number of nitro benzene ring substituents is 1. The Balaban J connectivity index is 3.59. The largest absolute Gasteiger partial charge is 0.502 e. The topological polar surface area (TPSA) is 125 Å². The summed E-state index contributed by atoms with van der Waals surface area (Å²) in [6.07, 6.45) is 1.46. The third-order valence-electron chi connectivity index (χ3n) is 2.21. The molecule has 0 unspecified atom stereocenters. The molecule has 0 aliphatic rings. The van der Waals surface area contributed by atoms with Crippen LogP contribution < -0.4 is 9.47 Å². The smallest absolute Gasteiger partial charge is 0.322 e. The number of hydrogen-bond acceptors (Lipinski definition) is 7. The number of hydrogen-bond donors (Lipinski definition) is 1. The average molecular weight is 270 g/mol. The fraction of sp³-hybridized carbons (Fsp3) is 0.200. The highest BCUT2D eigenvalue weighted by molar-refractivity contribution is 5.73. The van der Waals surface area contributed by atoms with E-state index in [2.05, 4.69) is 0 Å². The first-order valence-electron chi connectivity index (χ1n) is 4.86. The van der Waals surface area contributed by atoms with Gasteiger partial charge in [0.25, 0.3) is 0 Å². The van der Waals surface area contributed by atoms with Crippen molar-refractivity contribution in [2.24, 2.45) is 0 Å². The summed E-state index contributed by atoms with van der Waals surface area (Å²) in [5, 5.41) is 30.9. The lowest BCUT2D eigenvalue weighted by Gasteiger charge is -2.10. The van der Waals surface area contributed by atoms with Crippen LogP contribution in [0, 0.1) is 20.2 Å². The molecule has 0 fully saturated rings. The van der Waals surface area contributed by atoms with Gasteiger partial charge >= 0.3 is 5.69 Å². The lowest BCUT2D eigenvalue weighted by Crippen LogP contribution is -1.99. The molecule has 0 heterocycles. The molecule has 1 rings (SSSR count). The molecular weight excluding hydrogens is 260 g/mol. The van der Waals surface area contributed by atoms with Crippen LogP contribution in [0.2, 0.25) is 0 Å². The first kappa shape index (κ1) is 14.2. The minimum Gasteiger partial charge on any atom is -0.502 e. The number of ether oxygens (including phenoxy) is 2. The fourth-order valence-corrected chi connectivity index (χ4v) is 1.44. The van der Waals surface area contributed by atoms with Crippen LogP contribution in [0.3, 0.4) is 0 Å². The predicted octanol–water partition coefficient (Wildman–Crippen LogP) is 1.56. The summed E-state index contributed by atoms with van der Waals surface area (Å²) < 4.78 is 9.57. The Morgan fingerprint density at radius 1 is 1.26 bits per heavy atom. The molecule has 0 atom stereocenters. The van der Waals surface area contributed by atoms with Gasteiger partial charge in [0.15, 0.2) is 5.75 Å². The number of benzene rings is 1. The van der Waals surface area contributed by atoms with E-state index < -0.39 is 27.0 Å². The van der Waals surface area contributed by atoms with Gasteiger partial charge in [-0.2, -0.15) is 0 Å². The highest BCUT2D eigenvalue weighted by atomic mass is 16.6. The zero-order chi connectivity index (χ0) is 14.6. The first-order valence-corrected chi connectivity index (χ1v) is 4.86. The molecule has 0 aliphatic carbocycles. The van der Waals surface area contributed by atoms with Gasteiger partial charge in [-0.1, -0.05) is 0 Å². The van der Waals surface area contributed by atoms with Gasteiger partial charge < -0.3 is 14.6 Å². The van der Waals surface area contributed by atoms with E-state index in [-0.39, 0.29) is 11.3 Å². The average Bonchev–Trinajstić information content (AvgIpc) is 2.35. The van der Waals surface area contributed by atoms with Crippen molar-refractivity contribution in [3.63, 3.8) is 0 Å². The molecule has 0 saturated heterocycles. The lowest BCUT2D eigenvalue weighted by atomic mass is 10.1. The van der Waals surface area contributed by atoms with Crippen molar-refractivity contribution in [1.29, 1.82) is 0 Å². The molecule has 1 aromatic carbocycles. The first-order chi connectivity index (χ1) is 8.92. The molecule has 0 saturated carbocycles. The lowest BCUT2D eigenvalue weighted by molar-refractivity contribution is -0.401. The van der Waals surface area contributed by atoms with Crippen molar-refractivity contribution in [1.82, 2.24) is 0 Å². The van der Waals surface area contributed by atoms with Crippen LogP contribution in [0.4, 0.5) is 5.69 Å². The summed E-state index contributed by atoms with van der Waals surface area (Å²) in [6.45, 7) is 0. The second kappa shape index (κ2) is 5.67. The van der Waals surface area contributed by atoms with E-state index >= 15 is 0 Å². The van der Waals surface area contributed by atoms with Gasteiger partial charge in [-0.15, -0.1) is 0 Å². The molecule has 19 heavy (non-hydrogen) atoms. The minimum atomic E-state index is -0.808. The van der Waals surface area contributed by atoms with E-state index in [1.165, 1.54) is 7.11 Å². The third kappa shape index (κ3) is 2.89. The SMILES string of the molecule is COc1cc(C=C[N+](=O)[O-])c([N+](=O)[O-])c(OC)c1O. The van der Waals surface area contributed by atoms with Gasteiger partial charge in [-0.3, -0.25) is 20.2 Å². The maximum absolute atomic E-state index is 11.0. The van der Waals surface area contributed by atoms with Gasteiger partial charge in [0.1, 0.15) is 0 Å². The van der Waals surface area contributed by atoms with Crippen LogP contribution in [0.5, 0.6) is 17.2 Å². The van der Waals surface area contributed by atoms with Gasteiger partial charge in [-0.05, 0) is 6.07 Å². The van der Waals surface area contributed by atoms with Crippen LogP contribution in [0.15, 0.2) is 12.3 Å². The van der Waals surface area contributed by atoms with Gasteiger partial charge in [0.05, 0.1) is 29.6 Å². The highest BCUT2D eigenvalue weighted by Crippen LogP contribution is 2.45. The number of nitro groups is 2. The van der Waals surface area contributed by atoms with E-state index in [9.17, 15) is 25.3 Å². The maximum Gasteiger partial charge on any atom is 0.322 e. The Kier molecular flexibility index (Phi) is 4.24. The van der Waals surface area contributed by atoms with E-state index in [4.69, 9.17) is 9.47 Å². The Morgan fingerprint density at radius 3 is 2.32 bits per heavy atom. The summed E-state index contributed by atoms with van der Waals surface area (Å²) in [4.78, 5) is 19.7. The summed E-state index contributed by atoms with van der Waals surface area (Å²) in [5.41, 5.74) is -0.702. The molecule has 1 N–H and O–H groups in total. The maximum atomic E-state index is 11.0. The third-order valence-corrected chi connectivity index (χ3v) is 2.21. The fourth-order valence-electron chi connectivity index (χ4n) is 1.44. The Bertz CT molecular complexity index is 553. The van der Waals surface area contributed by atoms with Crippen molar-refractivity contribution in [2.75, 3.05) is 14.2 Å². The van der Waals surface area contributed by atoms with Gasteiger partial charge in [-0.25, -0.2) is 0 Å². The van der Waals surface area contributed by atoms with Crippen molar-refractivity contribution in [2.45, 2.75) is 0 Å². The molecule has 0 radical (unpaired) electrons. The second-order valence-corrected chi connectivity index (χ2v) is 3.26.